The maximum atomic E-state index is 12.8. The Bertz CT molecular complexity index is 704. The maximum Gasteiger partial charge on any atom is 0.416 e. The molecule has 0 saturated carbocycles. The van der Waals surface area contributed by atoms with Gasteiger partial charge in [-0.05, 0) is 23.8 Å². The van der Waals surface area contributed by atoms with E-state index in [9.17, 15) is 31.1 Å². The van der Waals surface area contributed by atoms with E-state index in [1.54, 1.807) is 18.2 Å². The van der Waals surface area contributed by atoms with E-state index in [0.717, 1.165) is 0 Å². The standard InChI is InChI=1S/C16H9ClF6O/c17-13(9-4-2-1-3-5-9)14(24)10-6-11(15(18,19)20)8-12(7-10)16(21,22)23/h1-8,13H. The van der Waals surface area contributed by atoms with E-state index in [0.29, 0.717) is 12.1 Å². The van der Waals surface area contributed by atoms with Gasteiger partial charge in [-0.25, -0.2) is 0 Å². The molecule has 1 nitrogen and oxygen atoms in total. The lowest BCUT2D eigenvalue weighted by molar-refractivity contribution is -0.143. The second kappa shape index (κ2) is 6.47. The summed E-state index contributed by atoms with van der Waals surface area (Å²) < 4.78 is 76.9. The summed E-state index contributed by atoms with van der Waals surface area (Å²) in [6.45, 7) is 0. The molecule has 0 aliphatic carbocycles. The summed E-state index contributed by atoms with van der Waals surface area (Å²) in [6, 6.07) is 8.33. The van der Waals surface area contributed by atoms with Gasteiger partial charge in [0.15, 0.2) is 5.78 Å². The topological polar surface area (TPSA) is 17.1 Å². The van der Waals surface area contributed by atoms with Gasteiger partial charge in [0.1, 0.15) is 5.38 Å². The zero-order valence-corrected chi connectivity index (χ0v) is 12.5. The summed E-state index contributed by atoms with van der Waals surface area (Å²) in [5.74, 6) is -1.04. The lowest BCUT2D eigenvalue weighted by atomic mass is 9.98. The van der Waals surface area contributed by atoms with Crippen LogP contribution < -0.4 is 0 Å². The minimum Gasteiger partial charge on any atom is -0.292 e. The molecule has 0 heterocycles. The van der Waals surface area contributed by atoms with Crippen molar-refractivity contribution in [2.24, 2.45) is 0 Å². The fourth-order valence-electron chi connectivity index (χ4n) is 2.02. The van der Waals surface area contributed by atoms with Crippen LogP contribution in [0.5, 0.6) is 0 Å². The molecular weight excluding hydrogens is 358 g/mol. The molecule has 1 atom stereocenters. The Kier molecular flexibility index (Phi) is 4.94. The zero-order chi connectivity index (χ0) is 18.1. The van der Waals surface area contributed by atoms with Crippen molar-refractivity contribution in [2.45, 2.75) is 17.7 Å². The second-order valence-corrected chi connectivity index (χ2v) is 5.37. The van der Waals surface area contributed by atoms with Crippen molar-refractivity contribution in [3.63, 3.8) is 0 Å². The van der Waals surface area contributed by atoms with E-state index >= 15 is 0 Å². The first-order valence-electron chi connectivity index (χ1n) is 6.53. The van der Waals surface area contributed by atoms with Gasteiger partial charge in [-0.3, -0.25) is 4.79 Å². The van der Waals surface area contributed by atoms with Gasteiger partial charge < -0.3 is 0 Å². The number of Topliss-reactive ketones (excluding diaryl/α,β-unsaturated/α-hetero) is 1. The molecule has 0 spiro atoms. The summed E-state index contributed by atoms with van der Waals surface area (Å²) in [5, 5.41) is -1.39. The van der Waals surface area contributed by atoms with E-state index in [1.165, 1.54) is 12.1 Å². The van der Waals surface area contributed by atoms with E-state index in [1.807, 2.05) is 0 Å². The fourth-order valence-corrected chi connectivity index (χ4v) is 2.29. The summed E-state index contributed by atoms with van der Waals surface area (Å²) in [7, 11) is 0. The van der Waals surface area contributed by atoms with Crippen molar-refractivity contribution in [1.82, 2.24) is 0 Å². The van der Waals surface area contributed by atoms with E-state index in [2.05, 4.69) is 0 Å². The summed E-state index contributed by atoms with van der Waals surface area (Å²) in [5.41, 5.74) is -3.59. The monoisotopic (exact) mass is 366 g/mol. The van der Waals surface area contributed by atoms with Gasteiger partial charge in [0, 0.05) is 5.56 Å². The Morgan fingerprint density at radius 1 is 0.833 bits per heavy atom. The number of hydrogen-bond acceptors (Lipinski definition) is 1. The summed E-state index contributed by atoms with van der Waals surface area (Å²) >= 11 is 5.91. The molecule has 1 unspecified atom stereocenters. The number of benzene rings is 2. The van der Waals surface area contributed by atoms with E-state index in [-0.39, 0.29) is 11.6 Å². The van der Waals surface area contributed by atoms with Crippen LogP contribution in [0.25, 0.3) is 0 Å². The SMILES string of the molecule is O=C(c1cc(C(F)(F)F)cc(C(F)(F)F)c1)C(Cl)c1ccccc1. The van der Waals surface area contributed by atoms with Crippen molar-refractivity contribution in [1.29, 1.82) is 0 Å². The van der Waals surface area contributed by atoms with Crippen molar-refractivity contribution in [3.05, 3.63) is 70.8 Å². The van der Waals surface area contributed by atoms with Crippen LogP contribution in [-0.4, -0.2) is 5.78 Å². The third-order valence-electron chi connectivity index (χ3n) is 3.19. The number of alkyl halides is 7. The number of halogens is 7. The first-order valence-corrected chi connectivity index (χ1v) is 6.96. The van der Waals surface area contributed by atoms with Crippen molar-refractivity contribution in [3.8, 4) is 0 Å². The number of carbonyl (C=O) groups is 1. The molecule has 8 heteroatoms. The Morgan fingerprint density at radius 2 is 1.29 bits per heavy atom. The molecule has 0 fully saturated rings. The number of carbonyl (C=O) groups excluding carboxylic acids is 1. The molecule has 0 bridgehead atoms. The van der Waals surface area contributed by atoms with Crippen LogP contribution in [0.15, 0.2) is 48.5 Å². The molecule has 0 aliphatic heterocycles. The second-order valence-electron chi connectivity index (χ2n) is 4.93. The van der Waals surface area contributed by atoms with Crippen molar-refractivity contribution in [2.75, 3.05) is 0 Å². The summed E-state index contributed by atoms with van der Waals surface area (Å²) in [6.07, 6.45) is -10.0. The molecule has 0 radical (unpaired) electrons. The van der Waals surface area contributed by atoms with E-state index < -0.39 is 40.2 Å². The predicted octanol–water partition coefficient (Wildman–Crippen LogP) is 5.89. The van der Waals surface area contributed by atoms with Gasteiger partial charge in [-0.15, -0.1) is 11.6 Å². The predicted molar refractivity (Wildman–Crippen MR) is 75.8 cm³/mol. The Morgan fingerprint density at radius 3 is 1.71 bits per heavy atom. The third-order valence-corrected chi connectivity index (χ3v) is 3.64. The quantitative estimate of drug-likeness (QED) is 0.376. The highest BCUT2D eigenvalue weighted by molar-refractivity contribution is 6.33. The molecular formula is C16H9ClF6O. The highest BCUT2D eigenvalue weighted by Gasteiger charge is 2.38. The molecule has 0 saturated heterocycles. The van der Waals surface area contributed by atoms with Crippen molar-refractivity contribution < 1.29 is 31.1 Å². The lowest BCUT2D eigenvalue weighted by Crippen LogP contribution is -2.15. The normalized spacial score (nSPS) is 13.6. The zero-order valence-electron chi connectivity index (χ0n) is 11.8. The first kappa shape index (κ1) is 18.3. The van der Waals surface area contributed by atoms with Gasteiger partial charge in [-0.1, -0.05) is 30.3 Å². The van der Waals surface area contributed by atoms with Crippen LogP contribution in [0.3, 0.4) is 0 Å². The molecule has 0 aromatic heterocycles. The van der Waals surface area contributed by atoms with Gasteiger partial charge in [0.05, 0.1) is 11.1 Å². The molecule has 0 N–H and O–H groups in total. The van der Waals surface area contributed by atoms with E-state index in [4.69, 9.17) is 11.6 Å². The highest BCUT2D eigenvalue weighted by atomic mass is 35.5. The molecule has 128 valence electrons. The Hall–Kier alpha value is -2.02. The van der Waals surface area contributed by atoms with Gasteiger partial charge in [0.2, 0.25) is 0 Å². The van der Waals surface area contributed by atoms with Crippen molar-refractivity contribution >= 4 is 17.4 Å². The first-order chi connectivity index (χ1) is 11.0. The number of rotatable bonds is 3. The number of ketones is 1. The largest absolute Gasteiger partial charge is 0.416 e. The lowest BCUT2D eigenvalue weighted by Gasteiger charge is -2.15. The van der Waals surface area contributed by atoms with Crippen LogP contribution in [0, 0.1) is 0 Å². The molecule has 0 aliphatic rings. The Labute approximate surface area is 137 Å². The van der Waals surface area contributed by atoms with Crippen LogP contribution in [0.1, 0.15) is 32.4 Å². The highest BCUT2D eigenvalue weighted by Crippen LogP contribution is 2.37. The van der Waals surface area contributed by atoms with Crippen LogP contribution in [-0.2, 0) is 12.4 Å². The molecule has 2 aromatic rings. The van der Waals surface area contributed by atoms with Gasteiger partial charge >= 0.3 is 12.4 Å². The average Bonchev–Trinajstić information content (AvgIpc) is 2.52. The smallest absolute Gasteiger partial charge is 0.292 e. The molecule has 2 aromatic carbocycles. The van der Waals surface area contributed by atoms with Crippen LogP contribution in [0.4, 0.5) is 26.3 Å². The van der Waals surface area contributed by atoms with Crippen LogP contribution in [0.2, 0.25) is 0 Å². The minimum absolute atomic E-state index is 0.0392. The fraction of sp³-hybridized carbons (Fsp3) is 0.188. The summed E-state index contributed by atoms with van der Waals surface area (Å²) in [4.78, 5) is 12.2. The maximum absolute atomic E-state index is 12.8. The molecule has 2 rings (SSSR count). The Balaban J connectivity index is 2.51. The molecule has 0 amide bonds. The number of hydrogen-bond donors (Lipinski definition) is 0. The average molecular weight is 367 g/mol. The minimum atomic E-state index is -5.02. The van der Waals surface area contributed by atoms with Gasteiger partial charge in [0.25, 0.3) is 0 Å². The van der Waals surface area contributed by atoms with Crippen LogP contribution >= 0.6 is 11.6 Å². The molecule has 24 heavy (non-hydrogen) atoms. The van der Waals surface area contributed by atoms with Gasteiger partial charge in [-0.2, -0.15) is 26.3 Å². The third kappa shape index (κ3) is 4.08.